The fraction of sp³-hybridized carbons (Fsp3) is 0.0952. The van der Waals surface area contributed by atoms with E-state index in [1.54, 1.807) is 0 Å². The van der Waals surface area contributed by atoms with Gasteiger partial charge in [-0.25, -0.2) is 0 Å². The first-order chi connectivity index (χ1) is 11.2. The maximum atomic E-state index is 9.51. The molecule has 0 N–H and O–H groups in total. The maximum absolute atomic E-state index is 9.51. The highest BCUT2D eigenvalue weighted by Gasteiger charge is 2.12. The smallest absolute Gasteiger partial charge is 0.0998 e. The van der Waals surface area contributed by atoms with Gasteiger partial charge in [0.1, 0.15) is 0 Å². The molecule has 3 aromatic carbocycles. The molecular weight excluding hydrogens is 280 g/mol. The second-order valence-electron chi connectivity index (χ2n) is 5.65. The Balaban J connectivity index is 2.18. The molecule has 0 amide bonds. The van der Waals surface area contributed by atoms with Crippen molar-refractivity contribution in [1.82, 2.24) is 0 Å². The van der Waals surface area contributed by atoms with Crippen LogP contribution in [-0.2, 0) is 0 Å². The van der Waals surface area contributed by atoms with Crippen molar-refractivity contribution < 1.29 is 0 Å². The van der Waals surface area contributed by atoms with E-state index in [1.807, 2.05) is 56.6 Å². The molecule has 0 radical (unpaired) electrons. The molecule has 112 valence electrons. The van der Waals surface area contributed by atoms with Gasteiger partial charge in [-0.2, -0.15) is 5.26 Å². The molecule has 0 aliphatic carbocycles. The first-order valence-corrected chi connectivity index (χ1v) is 7.57. The van der Waals surface area contributed by atoms with E-state index in [9.17, 15) is 5.26 Å². The molecule has 0 heterocycles. The van der Waals surface area contributed by atoms with E-state index in [1.165, 1.54) is 0 Å². The van der Waals surface area contributed by atoms with Crippen molar-refractivity contribution >= 4 is 5.69 Å². The summed E-state index contributed by atoms with van der Waals surface area (Å²) in [4.78, 5) is 2.08. The predicted octanol–water partition coefficient (Wildman–Crippen LogP) is 4.96. The maximum Gasteiger partial charge on any atom is 0.0998 e. The number of nitriles is 1. The van der Waals surface area contributed by atoms with E-state index in [0.29, 0.717) is 5.56 Å². The summed E-state index contributed by atoms with van der Waals surface area (Å²) in [7, 11) is 4.06. The van der Waals surface area contributed by atoms with E-state index in [0.717, 1.165) is 27.9 Å². The van der Waals surface area contributed by atoms with Gasteiger partial charge in [-0.15, -0.1) is 0 Å². The van der Waals surface area contributed by atoms with E-state index < -0.39 is 0 Å². The van der Waals surface area contributed by atoms with Crippen LogP contribution in [0.15, 0.2) is 72.8 Å². The number of rotatable bonds is 3. The highest BCUT2D eigenvalue weighted by molar-refractivity contribution is 5.87. The first-order valence-electron chi connectivity index (χ1n) is 7.57. The zero-order valence-electron chi connectivity index (χ0n) is 13.3. The van der Waals surface area contributed by atoms with Gasteiger partial charge in [0.2, 0.25) is 0 Å². The number of hydrogen-bond donors (Lipinski definition) is 0. The summed E-state index contributed by atoms with van der Waals surface area (Å²) in [5.74, 6) is 0. The van der Waals surface area contributed by atoms with E-state index in [4.69, 9.17) is 0 Å². The monoisotopic (exact) mass is 298 g/mol. The fourth-order valence-corrected chi connectivity index (χ4v) is 2.74. The summed E-state index contributed by atoms with van der Waals surface area (Å²) in [6.45, 7) is 0. The molecule has 2 nitrogen and oxygen atoms in total. The van der Waals surface area contributed by atoms with Gasteiger partial charge >= 0.3 is 0 Å². The Kier molecular flexibility index (Phi) is 4.12. The number of anilines is 1. The molecule has 0 bridgehead atoms. The van der Waals surface area contributed by atoms with Crippen molar-refractivity contribution in [2.24, 2.45) is 0 Å². The third kappa shape index (κ3) is 2.95. The van der Waals surface area contributed by atoms with Crippen LogP contribution < -0.4 is 4.90 Å². The van der Waals surface area contributed by atoms with Crippen LogP contribution in [0.2, 0.25) is 0 Å². The second kappa shape index (κ2) is 6.37. The lowest BCUT2D eigenvalue weighted by atomic mass is 9.91. The lowest BCUT2D eigenvalue weighted by molar-refractivity contribution is 1.13. The molecule has 0 aliphatic heterocycles. The van der Waals surface area contributed by atoms with Crippen LogP contribution in [0.25, 0.3) is 22.3 Å². The molecule has 23 heavy (non-hydrogen) atoms. The summed E-state index contributed by atoms with van der Waals surface area (Å²) in [5, 5.41) is 9.51. The average molecular weight is 298 g/mol. The van der Waals surface area contributed by atoms with Crippen molar-refractivity contribution in [3.63, 3.8) is 0 Å². The first kappa shape index (κ1) is 14.9. The molecule has 0 aromatic heterocycles. The molecule has 0 saturated carbocycles. The normalized spacial score (nSPS) is 10.1. The molecule has 0 aliphatic rings. The largest absolute Gasteiger partial charge is 0.378 e. The molecule has 0 atom stereocenters. The number of nitrogens with zero attached hydrogens (tertiary/aromatic N) is 2. The third-order valence-corrected chi connectivity index (χ3v) is 3.94. The van der Waals surface area contributed by atoms with Crippen molar-refractivity contribution in [2.75, 3.05) is 19.0 Å². The molecule has 2 heteroatoms. The van der Waals surface area contributed by atoms with Crippen molar-refractivity contribution in [3.05, 3.63) is 78.4 Å². The fourth-order valence-electron chi connectivity index (χ4n) is 2.74. The Morgan fingerprint density at radius 3 is 2.04 bits per heavy atom. The second-order valence-corrected chi connectivity index (χ2v) is 5.65. The SMILES string of the molecule is CN(C)c1ccc(-c2cccc(C#N)c2-c2ccccc2)cc1. The van der Waals surface area contributed by atoms with Crippen LogP contribution in [-0.4, -0.2) is 14.1 Å². The Morgan fingerprint density at radius 2 is 1.43 bits per heavy atom. The highest BCUT2D eigenvalue weighted by atomic mass is 15.1. The molecule has 3 aromatic rings. The van der Waals surface area contributed by atoms with Crippen LogP contribution in [0.3, 0.4) is 0 Å². The Morgan fingerprint density at radius 1 is 0.739 bits per heavy atom. The Labute approximate surface area is 137 Å². The molecule has 0 spiro atoms. The summed E-state index contributed by atoms with van der Waals surface area (Å²) in [6, 6.07) is 26.7. The van der Waals surface area contributed by atoms with Crippen molar-refractivity contribution in [2.45, 2.75) is 0 Å². The van der Waals surface area contributed by atoms with Crippen LogP contribution >= 0.6 is 0 Å². The van der Waals surface area contributed by atoms with Crippen molar-refractivity contribution in [3.8, 4) is 28.3 Å². The summed E-state index contributed by atoms with van der Waals surface area (Å²) >= 11 is 0. The Bertz CT molecular complexity index is 841. The molecule has 3 rings (SSSR count). The van der Waals surface area contributed by atoms with Gasteiger partial charge in [-0.3, -0.25) is 0 Å². The summed E-state index contributed by atoms with van der Waals surface area (Å²) in [6.07, 6.45) is 0. The van der Waals surface area contributed by atoms with Gasteiger partial charge in [0, 0.05) is 25.3 Å². The zero-order chi connectivity index (χ0) is 16.2. The van der Waals surface area contributed by atoms with Crippen LogP contribution in [0.1, 0.15) is 5.56 Å². The lowest BCUT2D eigenvalue weighted by Gasteiger charge is -2.15. The topological polar surface area (TPSA) is 27.0 Å². The zero-order valence-corrected chi connectivity index (χ0v) is 13.3. The molecule has 0 unspecified atom stereocenters. The van der Waals surface area contributed by atoms with Gasteiger partial charge < -0.3 is 4.90 Å². The van der Waals surface area contributed by atoms with Crippen LogP contribution in [0.4, 0.5) is 5.69 Å². The molecule has 0 fully saturated rings. The van der Waals surface area contributed by atoms with E-state index in [2.05, 4.69) is 41.3 Å². The van der Waals surface area contributed by atoms with Gasteiger partial charge in [-0.1, -0.05) is 54.6 Å². The predicted molar refractivity (Wildman–Crippen MR) is 96.4 cm³/mol. The van der Waals surface area contributed by atoms with Crippen LogP contribution in [0, 0.1) is 11.3 Å². The lowest BCUT2D eigenvalue weighted by Crippen LogP contribution is -2.07. The molecular formula is C21H18N2. The number of hydrogen-bond acceptors (Lipinski definition) is 2. The van der Waals surface area contributed by atoms with E-state index in [-0.39, 0.29) is 0 Å². The minimum absolute atomic E-state index is 0.699. The molecule has 0 saturated heterocycles. The summed E-state index contributed by atoms with van der Waals surface area (Å²) < 4.78 is 0. The van der Waals surface area contributed by atoms with Crippen LogP contribution in [0.5, 0.6) is 0 Å². The Hall–Kier alpha value is -3.05. The van der Waals surface area contributed by atoms with Crippen molar-refractivity contribution in [1.29, 1.82) is 5.26 Å². The van der Waals surface area contributed by atoms with Gasteiger partial charge in [0.25, 0.3) is 0 Å². The summed E-state index contributed by atoms with van der Waals surface area (Å²) in [5.41, 5.74) is 6.12. The number of benzene rings is 3. The van der Waals surface area contributed by atoms with E-state index >= 15 is 0 Å². The van der Waals surface area contributed by atoms with Gasteiger partial charge in [0.05, 0.1) is 11.6 Å². The standard InChI is InChI=1S/C21H18N2/c1-23(2)19-13-11-16(12-14-19)20-10-6-9-18(15-22)21(20)17-7-4-3-5-8-17/h3-14H,1-2H3. The average Bonchev–Trinajstić information content (AvgIpc) is 2.61. The minimum Gasteiger partial charge on any atom is -0.378 e. The minimum atomic E-state index is 0.699. The quantitative estimate of drug-likeness (QED) is 0.683. The van der Waals surface area contributed by atoms with Gasteiger partial charge in [0.15, 0.2) is 0 Å². The highest BCUT2D eigenvalue weighted by Crippen LogP contribution is 2.35. The third-order valence-electron chi connectivity index (χ3n) is 3.94. The van der Waals surface area contributed by atoms with Gasteiger partial charge in [-0.05, 0) is 34.9 Å².